The Kier molecular flexibility index (Phi) is 4.56. The van der Waals surface area contributed by atoms with Crippen molar-refractivity contribution < 1.29 is 9.13 Å². The summed E-state index contributed by atoms with van der Waals surface area (Å²) >= 11 is 6.06. The fourth-order valence-electron chi connectivity index (χ4n) is 2.17. The van der Waals surface area contributed by atoms with E-state index in [-0.39, 0.29) is 5.82 Å². The van der Waals surface area contributed by atoms with Gasteiger partial charge in [-0.1, -0.05) is 11.6 Å². The minimum absolute atomic E-state index is 0.353. The molecule has 0 spiro atoms. The van der Waals surface area contributed by atoms with Crippen LogP contribution >= 0.6 is 11.6 Å². The molecule has 1 aromatic heterocycles. The number of nitrogens with zero attached hydrogens (tertiary/aromatic N) is 1. The average molecular weight is 320 g/mol. The molecule has 0 radical (unpaired) electrons. The molecular formula is C16H15ClFN3O. The Morgan fingerprint density at radius 1 is 1.32 bits per heavy atom. The smallest absolute Gasteiger partial charge is 0.141 e. The third-order valence-electron chi connectivity index (χ3n) is 3.25. The lowest BCUT2D eigenvalue weighted by Gasteiger charge is -2.17. The zero-order valence-corrected chi connectivity index (χ0v) is 12.5. The van der Waals surface area contributed by atoms with Crippen LogP contribution in [0.25, 0.3) is 6.08 Å². The Balaban J connectivity index is 1.77. The molecule has 2 N–H and O–H groups in total. The second kappa shape index (κ2) is 6.77. The number of halogens is 2. The van der Waals surface area contributed by atoms with E-state index in [1.165, 1.54) is 12.3 Å². The van der Waals surface area contributed by atoms with Gasteiger partial charge in [-0.2, -0.15) is 0 Å². The van der Waals surface area contributed by atoms with Crippen molar-refractivity contribution in [3.63, 3.8) is 0 Å². The Hall–Kier alpha value is -2.11. The Bertz CT molecular complexity index is 688. The van der Waals surface area contributed by atoms with Crippen LogP contribution in [0.5, 0.6) is 0 Å². The topological polar surface area (TPSA) is 46.2 Å². The van der Waals surface area contributed by atoms with Crippen molar-refractivity contribution in [2.24, 2.45) is 0 Å². The Morgan fingerprint density at radius 2 is 2.23 bits per heavy atom. The summed E-state index contributed by atoms with van der Waals surface area (Å²) in [4.78, 5) is 3.98. The van der Waals surface area contributed by atoms with Crippen molar-refractivity contribution in [1.82, 2.24) is 4.98 Å². The van der Waals surface area contributed by atoms with Crippen molar-refractivity contribution in [3.8, 4) is 0 Å². The molecule has 0 unspecified atom stereocenters. The number of rotatable bonds is 3. The lowest BCUT2D eigenvalue weighted by molar-refractivity contribution is 0.175. The van der Waals surface area contributed by atoms with E-state index in [0.717, 1.165) is 16.8 Å². The highest BCUT2D eigenvalue weighted by molar-refractivity contribution is 6.30. The Labute approximate surface area is 133 Å². The third-order valence-corrected chi connectivity index (χ3v) is 3.48. The van der Waals surface area contributed by atoms with Gasteiger partial charge < -0.3 is 15.4 Å². The first kappa shape index (κ1) is 14.8. The quantitative estimate of drug-likeness (QED) is 0.904. The highest BCUT2D eigenvalue weighted by atomic mass is 35.5. The van der Waals surface area contributed by atoms with Crippen LogP contribution in [0.1, 0.15) is 5.56 Å². The summed E-state index contributed by atoms with van der Waals surface area (Å²) in [5.41, 5.74) is 3.04. The van der Waals surface area contributed by atoms with E-state index in [2.05, 4.69) is 15.6 Å². The molecule has 6 heteroatoms. The monoisotopic (exact) mass is 319 g/mol. The molecule has 0 amide bonds. The highest BCUT2D eigenvalue weighted by Crippen LogP contribution is 2.24. The summed E-state index contributed by atoms with van der Waals surface area (Å²) in [6, 6.07) is 8.65. The molecule has 3 rings (SSSR count). The van der Waals surface area contributed by atoms with Crippen molar-refractivity contribution in [3.05, 3.63) is 58.5 Å². The molecule has 4 nitrogen and oxygen atoms in total. The molecule has 0 saturated heterocycles. The largest absolute Gasteiger partial charge is 0.366 e. The second-order valence-corrected chi connectivity index (χ2v) is 5.36. The summed E-state index contributed by atoms with van der Waals surface area (Å²) in [5, 5.41) is 7.03. The van der Waals surface area contributed by atoms with Gasteiger partial charge in [0.1, 0.15) is 18.4 Å². The molecule has 0 atom stereocenters. The van der Waals surface area contributed by atoms with Crippen LogP contribution < -0.4 is 10.6 Å². The molecular weight excluding hydrogens is 305 g/mol. The van der Waals surface area contributed by atoms with Gasteiger partial charge in [0.05, 0.1) is 12.8 Å². The van der Waals surface area contributed by atoms with Gasteiger partial charge in [-0.05, 0) is 47.5 Å². The van der Waals surface area contributed by atoms with Crippen LogP contribution in [0.3, 0.4) is 0 Å². The van der Waals surface area contributed by atoms with E-state index in [0.29, 0.717) is 30.7 Å². The van der Waals surface area contributed by atoms with Gasteiger partial charge in [0.2, 0.25) is 0 Å². The molecule has 1 aromatic carbocycles. The molecule has 0 bridgehead atoms. The predicted molar refractivity (Wildman–Crippen MR) is 86.6 cm³/mol. The number of pyridine rings is 1. The van der Waals surface area contributed by atoms with Gasteiger partial charge in [0.15, 0.2) is 0 Å². The van der Waals surface area contributed by atoms with Crippen molar-refractivity contribution >= 4 is 29.2 Å². The first-order chi connectivity index (χ1) is 10.7. The minimum atomic E-state index is -0.353. The van der Waals surface area contributed by atoms with Crippen molar-refractivity contribution in [1.29, 1.82) is 0 Å². The van der Waals surface area contributed by atoms with Crippen LogP contribution in [-0.4, -0.2) is 24.9 Å². The van der Waals surface area contributed by atoms with E-state index in [9.17, 15) is 4.39 Å². The maximum absolute atomic E-state index is 12.8. The van der Waals surface area contributed by atoms with E-state index in [1.54, 1.807) is 6.07 Å². The maximum Gasteiger partial charge on any atom is 0.141 e. The SMILES string of the molecule is Fc1ccc(NC/C2=C/c3cc(Cl)ccc3NCOC2)nc1. The first-order valence-corrected chi connectivity index (χ1v) is 7.24. The molecule has 2 aromatic rings. The highest BCUT2D eigenvalue weighted by Gasteiger charge is 2.08. The van der Waals surface area contributed by atoms with E-state index >= 15 is 0 Å². The zero-order chi connectivity index (χ0) is 15.4. The standard InChI is InChI=1S/C16H15ClFN3O/c17-13-1-3-15-12(6-13)5-11(9-22-10-21-15)7-19-16-4-2-14(18)8-20-16/h1-6,8,21H,7,9-10H2,(H,19,20)/b11-5-. The molecule has 114 valence electrons. The second-order valence-electron chi connectivity index (χ2n) is 4.92. The van der Waals surface area contributed by atoms with Crippen LogP contribution in [0, 0.1) is 5.82 Å². The lowest BCUT2D eigenvalue weighted by atomic mass is 10.1. The molecule has 0 aliphatic carbocycles. The number of hydrogen-bond acceptors (Lipinski definition) is 4. The van der Waals surface area contributed by atoms with Gasteiger partial charge >= 0.3 is 0 Å². The fraction of sp³-hybridized carbons (Fsp3) is 0.188. The molecule has 1 aliphatic heterocycles. The fourth-order valence-corrected chi connectivity index (χ4v) is 2.35. The number of hydrogen-bond donors (Lipinski definition) is 2. The summed E-state index contributed by atoms with van der Waals surface area (Å²) in [6.45, 7) is 1.48. The number of aromatic nitrogens is 1. The van der Waals surface area contributed by atoms with E-state index in [4.69, 9.17) is 16.3 Å². The summed E-state index contributed by atoms with van der Waals surface area (Å²) in [7, 11) is 0. The molecule has 0 saturated carbocycles. The van der Waals surface area contributed by atoms with Gasteiger partial charge in [-0.15, -0.1) is 0 Å². The lowest BCUT2D eigenvalue weighted by Crippen LogP contribution is -2.16. The van der Waals surface area contributed by atoms with E-state index < -0.39 is 0 Å². The van der Waals surface area contributed by atoms with Gasteiger partial charge in [0, 0.05) is 17.3 Å². The molecule has 1 aliphatic rings. The van der Waals surface area contributed by atoms with Gasteiger partial charge in [-0.25, -0.2) is 9.37 Å². The summed E-state index contributed by atoms with van der Waals surface area (Å²) in [5.74, 6) is 0.266. The van der Waals surface area contributed by atoms with Crippen LogP contribution in [-0.2, 0) is 4.74 Å². The first-order valence-electron chi connectivity index (χ1n) is 6.87. The average Bonchev–Trinajstić information content (AvgIpc) is 2.49. The van der Waals surface area contributed by atoms with Crippen LogP contribution in [0.2, 0.25) is 5.02 Å². The van der Waals surface area contributed by atoms with Crippen molar-refractivity contribution in [2.45, 2.75) is 0 Å². The van der Waals surface area contributed by atoms with E-state index in [1.807, 2.05) is 24.3 Å². The van der Waals surface area contributed by atoms with Crippen molar-refractivity contribution in [2.75, 3.05) is 30.5 Å². The summed E-state index contributed by atoms with van der Waals surface area (Å²) < 4.78 is 18.4. The third kappa shape index (κ3) is 3.75. The minimum Gasteiger partial charge on any atom is -0.366 e. The molecule has 2 heterocycles. The normalized spacial score (nSPS) is 16.5. The predicted octanol–water partition coefficient (Wildman–Crippen LogP) is 3.77. The number of fused-ring (bicyclic) bond motifs is 1. The van der Waals surface area contributed by atoms with Crippen LogP contribution in [0.4, 0.5) is 15.9 Å². The molecule has 0 fully saturated rings. The van der Waals surface area contributed by atoms with Crippen LogP contribution in [0.15, 0.2) is 42.1 Å². The Morgan fingerprint density at radius 3 is 3.05 bits per heavy atom. The number of benzene rings is 1. The number of anilines is 2. The number of ether oxygens (including phenoxy) is 1. The number of nitrogens with one attached hydrogen (secondary N) is 2. The maximum atomic E-state index is 12.8. The van der Waals surface area contributed by atoms with Gasteiger partial charge in [0.25, 0.3) is 0 Å². The van der Waals surface area contributed by atoms with Gasteiger partial charge in [-0.3, -0.25) is 0 Å². The summed E-state index contributed by atoms with van der Waals surface area (Å²) in [6.07, 6.45) is 3.22. The molecule has 22 heavy (non-hydrogen) atoms. The zero-order valence-electron chi connectivity index (χ0n) is 11.8.